The first-order valence-electron chi connectivity index (χ1n) is 10.7. The molecule has 4 rings (SSSR count). The second kappa shape index (κ2) is 9.72. The highest BCUT2D eigenvalue weighted by molar-refractivity contribution is 5.71. The molecule has 166 valence electrons. The molecule has 0 N–H and O–H groups in total. The van der Waals surface area contributed by atoms with Crippen molar-refractivity contribution in [3.63, 3.8) is 0 Å². The first kappa shape index (κ1) is 22.3. The minimum atomic E-state index is -0.850. The van der Waals surface area contributed by atoms with Crippen LogP contribution in [0.2, 0.25) is 0 Å². The van der Waals surface area contributed by atoms with E-state index >= 15 is 0 Å². The normalized spacial score (nSPS) is 18.9. The summed E-state index contributed by atoms with van der Waals surface area (Å²) in [4.78, 5) is 0. The van der Waals surface area contributed by atoms with Gasteiger partial charge in [-0.2, -0.15) is 0 Å². The summed E-state index contributed by atoms with van der Waals surface area (Å²) >= 11 is 0. The highest BCUT2D eigenvalue weighted by Crippen LogP contribution is 2.32. The van der Waals surface area contributed by atoms with Gasteiger partial charge in [-0.05, 0) is 41.7 Å². The summed E-state index contributed by atoms with van der Waals surface area (Å²) < 4.78 is 54.8. The number of benzene rings is 3. The SMILES string of the molecule is CC=CC1COC(c2ccc(-c3ccc(-c4ccc(CC)c(F)c4F)cc3)cc2F)OC1. The lowest BCUT2D eigenvalue weighted by molar-refractivity contribution is -0.198. The summed E-state index contributed by atoms with van der Waals surface area (Å²) in [5.74, 6) is -1.90. The van der Waals surface area contributed by atoms with E-state index in [0.717, 1.165) is 5.56 Å². The van der Waals surface area contributed by atoms with Crippen molar-refractivity contribution < 1.29 is 22.6 Å². The van der Waals surface area contributed by atoms with Crippen LogP contribution in [0.3, 0.4) is 0 Å². The van der Waals surface area contributed by atoms with Crippen LogP contribution in [0.5, 0.6) is 0 Å². The van der Waals surface area contributed by atoms with Crippen LogP contribution in [0.1, 0.15) is 31.3 Å². The molecule has 1 fully saturated rings. The molecule has 1 aliphatic rings. The first-order valence-corrected chi connectivity index (χ1v) is 10.7. The van der Waals surface area contributed by atoms with Crippen LogP contribution in [0.4, 0.5) is 13.2 Å². The molecule has 0 atom stereocenters. The second-order valence-electron chi connectivity index (χ2n) is 7.85. The molecule has 32 heavy (non-hydrogen) atoms. The number of rotatable bonds is 5. The lowest BCUT2D eigenvalue weighted by Gasteiger charge is -2.28. The van der Waals surface area contributed by atoms with Crippen LogP contribution < -0.4 is 0 Å². The molecule has 2 nitrogen and oxygen atoms in total. The average molecular weight is 438 g/mol. The molecule has 0 aromatic heterocycles. The van der Waals surface area contributed by atoms with Crippen molar-refractivity contribution in [2.45, 2.75) is 26.6 Å². The van der Waals surface area contributed by atoms with Crippen molar-refractivity contribution in [2.24, 2.45) is 5.92 Å². The Hall–Kier alpha value is -2.89. The molecule has 5 heteroatoms. The fourth-order valence-electron chi connectivity index (χ4n) is 3.91. The van der Waals surface area contributed by atoms with Crippen LogP contribution in [0, 0.1) is 23.4 Å². The highest BCUT2D eigenvalue weighted by Gasteiger charge is 2.24. The summed E-state index contributed by atoms with van der Waals surface area (Å²) in [5.41, 5.74) is 2.91. The van der Waals surface area contributed by atoms with Gasteiger partial charge in [0.05, 0.1) is 13.2 Å². The maximum Gasteiger partial charge on any atom is 0.186 e. The number of aryl methyl sites for hydroxylation is 1. The zero-order valence-corrected chi connectivity index (χ0v) is 18.1. The molecule has 0 amide bonds. The largest absolute Gasteiger partial charge is 0.348 e. The van der Waals surface area contributed by atoms with E-state index in [2.05, 4.69) is 0 Å². The minimum Gasteiger partial charge on any atom is -0.348 e. The number of ether oxygens (including phenoxy) is 2. The maximum atomic E-state index is 14.8. The number of hydrogen-bond acceptors (Lipinski definition) is 2. The van der Waals surface area contributed by atoms with E-state index in [1.165, 1.54) is 6.07 Å². The van der Waals surface area contributed by atoms with Gasteiger partial charge in [-0.25, -0.2) is 13.2 Å². The third-order valence-electron chi connectivity index (χ3n) is 5.71. The number of halogens is 3. The molecule has 0 unspecified atom stereocenters. The molecule has 3 aromatic rings. The zero-order valence-electron chi connectivity index (χ0n) is 18.1. The van der Waals surface area contributed by atoms with Gasteiger partial charge in [-0.3, -0.25) is 0 Å². The van der Waals surface area contributed by atoms with Crippen molar-refractivity contribution >= 4 is 0 Å². The van der Waals surface area contributed by atoms with Gasteiger partial charge in [-0.1, -0.05) is 67.6 Å². The van der Waals surface area contributed by atoms with E-state index in [-0.39, 0.29) is 11.5 Å². The van der Waals surface area contributed by atoms with Crippen molar-refractivity contribution in [1.82, 2.24) is 0 Å². The van der Waals surface area contributed by atoms with Gasteiger partial charge in [0, 0.05) is 17.0 Å². The fraction of sp³-hybridized carbons (Fsp3) is 0.259. The Balaban J connectivity index is 1.53. The fourth-order valence-corrected chi connectivity index (χ4v) is 3.91. The van der Waals surface area contributed by atoms with Crippen molar-refractivity contribution in [3.8, 4) is 22.3 Å². The molecule has 0 aliphatic carbocycles. The van der Waals surface area contributed by atoms with Gasteiger partial charge in [0.1, 0.15) is 5.82 Å². The van der Waals surface area contributed by atoms with Crippen LogP contribution in [-0.4, -0.2) is 13.2 Å². The molecule has 0 spiro atoms. The Morgan fingerprint density at radius 3 is 2.12 bits per heavy atom. The number of hydrogen-bond donors (Lipinski definition) is 0. The van der Waals surface area contributed by atoms with Crippen LogP contribution in [0.15, 0.2) is 66.7 Å². The third-order valence-corrected chi connectivity index (χ3v) is 5.71. The van der Waals surface area contributed by atoms with Crippen LogP contribution in [0.25, 0.3) is 22.3 Å². The molecule has 1 heterocycles. The van der Waals surface area contributed by atoms with Gasteiger partial charge in [0.2, 0.25) is 0 Å². The van der Waals surface area contributed by atoms with Gasteiger partial charge < -0.3 is 9.47 Å². The molecule has 1 saturated heterocycles. The molecule has 0 saturated carbocycles. The predicted octanol–water partition coefficient (Wildman–Crippen LogP) is 7.24. The molecule has 3 aromatic carbocycles. The topological polar surface area (TPSA) is 18.5 Å². The summed E-state index contributed by atoms with van der Waals surface area (Å²) in [5, 5.41) is 0. The Bertz CT molecular complexity index is 1110. The standard InChI is InChI=1S/C27H25F3O2/c1-3-5-17-15-31-27(32-16-17)23-13-11-21(14-24(23)28)19-6-8-20(9-7-19)22-12-10-18(4-2)25(29)26(22)30/h3,5-14,17,27H,4,15-16H2,1-2H3. The molecular formula is C27H25F3O2. The van der Waals surface area contributed by atoms with E-state index in [0.29, 0.717) is 41.9 Å². The summed E-state index contributed by atoms with van der Waals surface area (Å²) in [6, 6.07) is 15.0. The molecule has 1 aliphatic heterocycles. The van der Waals surface area contributed by atoms with E-state index in [1.807, 2.05) is 19.1 Å². The lowest BCUT2D eigenvalue weighted by atomic mass is 9.97. The van der Waals surface area contributed by atoms with Crippen molar-refractivity contribution in [2.75, 3.05) is 13.2 Å². The Morgan fingerprint density at radius 1 is 0.844 bits per heavy atom. The summed E-state index contributed by atoms with van der Waals surface area (Å²) in [6.07, 6.45) is 3.66. The summed E-state index contributed by atoms with van der Waals surface area (Å²) in [6.45, 7) is 4.68. The molecule has 0 radical (unpaired) electrons. The molecule has 0 bridgehead atoms. The molecular weight excluding hydrogens is 413 g/mol. The van der Waals surface area contributed by atoms with E-state index in [9.17, 15) is 13.2 Å². The van der Waals surface area contributed by atoms with Crippen LogP contribution >= 0.6 is 0 Å². The smallest absolute Gasteiger partial charge is 0.186 e. The van der Waals surface area contributed by atoms with E-state index < -0.39 is 23.7 Å². The second-order valence-corrected chi connectivity index (χ2v) is 7.85. The monoisotopic (exact) mass is 438 g/mol. The summed E-state index contributed by atoms with van der Waals surface area (Å²) in [7, 11) is 0. The van der Waals surface area contributed by atoms with Gasteiger partial charge in [0.25, 0.3) is 0 Å². The lowest BCUT2D eigenvalue weighted by Crippen LogP contribution is -2.26. The Labute approximate surface area is 186 Å². The zero-order chi connectivity index (χ0) is 22.7. The van der Waals surface area contributed by atoms with Crippen molar-refractivity contribution in [3.05, 3.63) is 95.3 Å². The van der Waals surface area contributed by atoms with Crippen LogP contribution in [-0.2, 0) is 15.9 Å². The predicted molar refractivity (Wildman–Crippen MR) is 120 cm³/mol. The van der Waals surface area contributed by atoms with E-state index in [4.69, 9.17) is 9.47 Å². The Morgan fingerprint density at radius 2 is 1.50 bits per heavy atom. The first-order chi connectivity index (χ1) is 15.5. The highest BCUT2D eigenvalue weighted by atomic mass is 19.2. The van der Waals surface area contributed by atoms with Crippen molar-refractivity contribution in [1.29, 1.82) is 0 Å². The Kier molecular flexibility index (Phi) is 6.77. The minimum absolute atomic E-state index is 0.175. The maximum absolute atomic E-state index is 14.8. The van der Waals surface area contributed by atoms with Gasteiger partial charge >= 0.3 is 0 Å². The number of allylic oxidation sites excluding steroid dienone is 1. The quantitative estimate of drug-likeness (QED) is 0.391. The van der Waals surface area contributed by atoms with Gasteiger partial charge in [-0.15, -0.1) is 0 Å². The van der Waals surface area contributed by atoms with Gasteiger partial charge in [0.15, 0.2) is 17.9 Å². The third kappa shape index (κ3) is 4.50. The van der Waals surface area contributed by atoms with E-state index in [1.54, 1.807) is 55.5 Å². The average Bonchev–Trinajstić information content (AvgIpc) is 2.82.